The normalized spacial score (nSPS) is 33.1. The van der Waals surface area contributed by atoms with Gasteiger partial charge >= 0.3 is 12.1 Å². The van der Waals surface area contributed by atoms with Crippen molar-refractivity contribution < 1.29 is 73.1 Å². The van der Waals surface area contributed by atoms with E-state index in [1.807, 2.05) is 0 Å². The monoisotopic (exact) mass is 762 g/mol. The summed E-state index contributed by atoms with van der Waals surface area (Å²) in [4.78, 5) is 67.1. The number of carbonyl (C=O) groups is 5. The topological polar surface area (TPSA) is 239 Å². The van der Waals surface area contributed by atoms with Gasteiger partial charge in [-0.05, 0) is 81.2 Å². The van der Waals surface area contributed by atoms with Gasteiger partial charge in [-0.2, -0.15) is 0 Å². The van der Waals surface area contributed by atoms with Crippen LogP contribution >= 0.6 is 0 Å². The first-order valence-corrected chi connectivity index (χ1v) is 17.8. The van der Waals surface area contributed by atoms with Gasteiger partial charge in [-0.1, -0.05) is 30.7 Å². The summed E-state index contributed by atoms with van der Waals surface area (Å²) in [5.41, 5.74) is -6.39. The number of ketones is 2. The first-order chi connectivity index (χ1) is 25.4. The molecule has 17 heteroatoms. The van der Waals surface area contributed by atoms with E-state index in [-0.39, 0.29) is 50.4 Å². The van der Waals surface area contributed by atoms with Gasteiger partial charge in [-0.15, -0.1) is 0 Å². The quantitative estimate of drug-likeness (QED) is 0.0690. The average molecular weight is 763 g/mol. The molecule has 5 rings (SSSR count). The highest BCUT2D eigenvalue weighted by Gasteiger charge is 2.76. The number of Topliss-reactive ketones (excluding diaryl/α,β-unsaturated/α-hetero) is 1. The molecule has 0 heterocycles. The van der Waals surface area contributed by atoms with E-state index >= 15 is 4.39 Å². The largest absolute Gasteiger partial charge is 0.514 e. The number of ether oxygens (including phenoxy) is 3. The Morgan fingerprint density at radius 2 is 1.70 bits per heavy atom. The molecule has 0 radical (unpaired) electrons. The zero-order valence-electron chi connectivity index (χ0n) is 30.2. The minimum absolute atomic E-state index is 0.000368. The standard InChI is InChI=1S/C37H47FN2O14/c1-21(41)39-28(32(46)51-14-4-5-15-53-40(49)50)16-22-6-9-25(10-7-22)54-33(47)52-20-31(45)37(48)29(43)18-27-26-11-8-23-17-24(42)12-13-34(23,2)36(26,38)30(44)19-35(27,37)3/h6-7,9-10,12-13,17,26-30,43-44,48-50H,4-5,8,11,14-16,18-20H2,1-3H3,(H,39,41)/t26-,27-,28-,29+,30-,34-,35-,36?,37-/m0/s1. The van der Waals surface area contributed by atoms with Crippen LogP contribution in [0.1, 0.15) is 64.9 Å². The number of allylic oxidation sites excluding steroid dienone is 4. The highest BCUT2D eigenvalue weighted by molar-refractivity contribution is 6.01. The second-order valence-corrected chi connectivity index (χ2v) is 14.9. The molecule has 6 N–H and O–H groups in total. The number of amides is 1. The smallest absolute Gasteiger partial charge is 0.464 e. The summed E-state index contributed by atoms with van der Waals surface area (Å²) < 4.78 is 32.8. The Bertz CT molecular complexity index is 1680. The molecule has 3 saturated carbocycles. The molecule has 1 amide bonds. The highest BCUT2D eigenvalue weighted by Crippen LogP contribution is 2.69. The van der Waals surface area contributed by atoms with Crippen LogP contribution in [0.5, 0.6) is 5.75 Å². The molecule has 0 bridgehead atoms. The zero-order chi connectivity index (χ0) is 39.6. The molecule has 1 aromatic rings. The lowest BCUT2D eigenvalue weighted by Crippen LogP contribution is -2.69. The van der Waals surface area contributed by atoms with Crippen molar-refractivity contribution in [3.05, 3.63) is 53.6 Å². The third kappa shape index (κ3) is 7.58. The summed E-state index contributed by atoms with van der Waals surface area (Å²) in [5, 5.41) is 53.7. The number of rotatable bonds is 14. The first kappa shape index (κ1) is 41.1. The van der Waals surface area contributed by atoms with Gasteiger partial charge in [0.25, 0.3) is 0 Å². The van der Waals surface area contributed by atoms with Crippen molar-refractivity contribution in [3.63, 3.8) is 0 Å². The molecule has 296 valence electrons. The highest BCUT2D eigenvalue weighted by atomic mass is 19.1. The second kappa shape index (κ2) is 15.9. The van der Waals surface area contributed by atoms with E-state index in [0.717, 1.165) is 0 Å². The molecule has 0 aliphatic heterocycles. The van der Waals surface area contributed by atoms with E-state index < -0.39 is 88.0 Å². The van der Waals surface area contributed by atoms with Gasteiger partial charge in [0.05, 0.1) is 30.8 Å². The Morgan fingerprint density at radius 1 is 1.02 bits per heavy atom. The van der Waals surface area contributed by atoms with E-state index in [0.29, 0.717) is 30.4 Å². The van der Waals surface area contributed by atoms with Gasteiger partial charge in [0.1, 0.15) is 11.8 Å². The van der Waals surface area contributed by atoms with E-state index in [1.165, 1.54) is 56.3 Å². The number of esters is 1. The molecule has 4 aliphatic carbocycles. The van der Waals surface area contributed by atoms with Crippen LogP contribution in [0, 0.1) is 22.7 Å². The summed E-state index contributed by atoms with van der Waals surface area (Å²) in [6, 6.07) is 4.77. The number of carbonyl (C=O) groups excluding carboxylic acids is 5. The van der Waals surface area contributed by atoms with Crippen molar-refractivity contribution in [2.24, 2.45) is 22.7 Å². The van der Waals surface area contributed by atoms with Crippen LogP contribution in [0.4, 0.5) is 9.18 Å². The van der Waals surface area contributed by atoms with Crippen LogP contribution < -0.4 is 10.1 Å². The van der Waals surface area contributed by atoms with Crippen LogP contribution in [0.25, 0.3) is 0 Å². The van der Waals surface area contributed by atoms with E-state index in [4.69, 9.17) is 24.6 Å². The zero-order valence-corrected chi connectivity index (χ0v) is 30.2. The molecule has 3 fully saturated rings. The number of hydrogen-bond donors (Lipinski definition) is 6. The van der Waals surface area contributed by atoms with Gasteiger partial charge in [-0.3, -0.25) is 29.6 Å². The van der Waals surface area contributed by atoms with Crippen LogP contribution in [-0.4, -0.2) is 110 Å². The number of benzene rings is 1. The first-order valence-electron chi connectivity index (χ1n) is 17.8. The third-order valence-corrected chi connectivity index (χ3v) is 11.8. The molecular weight excluding hydrogens is 715 g/mol. The Kier molecular flexibility index (Phi) is 12.1. The SMILES string of the molecule is CC(=O)N[C@@H](Cc1ccc(OC(=O)OCC(=O)[C@@]2(O)[C@H](O)C[C@H]3[C@@H]4CCC5=CC(=O)C=C[C@]5(C)C4(F)[C@@H](O)C[C@@]32C)cc1)C(=O)OCCCCON(O)O. The third-order valence-electron chi connectivity index (χ3n) is 11.8. The van der Waals surface area contributed by atoms with Gasteiger partial charge in [0.2, 0.25) is 11.7 Å². The second-order valence-electron chi connectivity index (χ2n) is 14.9. The maximum absolute atomic E-state index is 17.3. The van der Waals surface area contributed by atoms with E-state index in [2.05, 4.69) is 10.2 Å². The fourth-order valence-corrected chi connectivity index (χ4v) is 9.08. The molecule has 4 aliphatic rings. The van der Waals surface area contributed by atoms with Crippen molar-refractivity contribution in [1.29, 1.82) is 0 Å². The summed E-state index contributed by atoms with van der Waals surface area (Å²) in [7, 11) is 0. The van der Waals surface area contributed by atoms with E-state index in [9.17, 15) is 39.3 Å². The minimum atomic E-state index is -2.49. The molecule has 54 heavy (non-hydrogen) atoms. The Balaban J connectivity index is 1.17. The van der Waals surface area contributed by atoms with E-state index in [1.54, 1.807) is 6.92 Å². The van der Waals surface area contributed by atoms with Crippen LogP contribution in [-0.2, 0) is 39.9 Å². The minimum Gasteiger partial charge on any atom is -0.464 e. The average Bonchev–Trinajstić information content (AvgIpc) is 3.31. The number of fused-ring (bicyclic) bond motifs is 5. The number of halogens is 1. The van der Waals surface area contributed by atoms with Crippen molar-refractivity contribution in [2.45, 2.75) is 95.2 Å². The molecular formula is C37H47FN2O14. The van der Waals surface area contributed by atoms with Crippen molar-refractivity contribution in [3.8, 4) is 5.75 Å². The lowest BCUT2D eigenvalue weighted by Gasteiger charge is -2.62. The maximum atomic E-state index is 17.3. The summed E-state index contributed by atoms with van der Waals surface area (Å²) in [5.74, 6) is -4.08. The number of aliphatic hydroxyl groups is 3. The van der Waals surface area contributed by atoms with Crippen molar-refractivity contribution in [1.82, 2.24) is 10.7 Å². The fraction of sp³-hybridized carbons (Fsp3) is 0.595. The lowest BCUT2D eigenvalue weighted by molar-refractivity contribution is -0.492. The molecule has 1 unspecified atom stereocenters. The number of unbranched alkanes of at least 4 members (excludes halogenated alkanes) is 1. The van der Waals surface area contributed by atoms with Gasteiger partial charge in [0, 0.05) is 30.1 Å². The Morgan fingerprint density at radius 3 is 2.37 bits per heavy atom. The number of nitrogens with one attached hydrogen (secondary N) is 1. The van der Waals surface area contributed by atoms with Crippen LogP contribution in [0.3, 0.4) is 0 Å². The summed E-state index contributed by atoms with van der Waals surface area (Å²) in [6.07, 6.45) is 0.350. The predicted molar refractivity (Wildman–Crippen MR) is 181 cm³/mol. The molecule has 16 nitrogen and oxygen atoms in total. The van der Waals surface area contributed by atoms with Gasteiger partial charge in [0.15, 0.2) is 23.7 Å². The van der Waals surface area contributed by atoms with Crippen molar-refractivity contribution in [2.75, 3.05) is 19.8 Å². The Labute approximate surface area is 310 Å². The van der Waals surface area contributed by atoms with Crippen molar-refractivity contribution >= 4 is 29.6 Å². The predicted octanol–water partition coefficient (Wildman–Crippen LogP) is 2.23. The van der Waals surface area contributed by atoms with Gasteiger partial charge < -0.3 is 34.8 Å². The molecule has 0 spiro atoms. The van der Waals surface area contributed by atoms with Gasteiger partial charge in [-0.25, -0.2) is 14.0 Å². The fourth-order valence-electron chi connectivity index (χ4n) is 9.08. The number of nitrogens with zero attached hydrogens (tertiary/aromatic N) is 1. The summed E-state index contributed by atoms with van der Waals surface area (Å²) in [6.45, 7) is 3.37. The van der Waals surface area contributed by atoms with Crippen LogP contribution in [0.2, 0.25) is 0 Å². The molecule has 0 aromatic heterocycles. The maximum Gasteiger partial charge on any atom is 0.514 e. The molecule has 0 saturated heterocycles. The molecule has 9 atom stereocenters. The number of hydrogen-bond acceptors (Lipinski definition) is 15. The Hall–Kier alpha value is -4.10. The summed E-state index contributed by atoms with van der Waals surface area (Å²) >= 11 is 0. The van der Waals surface area contributed by atoms with Crippen LogP contribution in [0.15, 0.2) is 48.1 Å². The molecule has 1 aromatic carbocycles. The number of aliphatic hydroxyl groups excluding tert-OH is 2. The lowest BCUT2D eigenvalue weighted by atomic mass is 9.44. The number of alkyl halides is 1.